The van der Waals surface area contributed by atoms with Crippen molar-refractivity contribution < 1.29 is 0 Å². The maximum atomic E-state index is 2.57. The molecule has 0 saturated carbocycles. The van der Waals surface area contributed by atoms with Gasteiger partial charge in [-0.1, -0.05) is 178 Å². The standard InChI is InChI=1S/C62H47N/c1-61(2)54-27-12-8-22-47(54)51-36-35-44(37-58(51)61)63(43-19-4-3-5-20-43)60-39-59-53(38-52(60)42-33-31-41(32-34-42)46-26-16-18-40-17-6-7-21-45(40)46)50-25-11-15-30-57(50)62(59)55-28-13-9-23-48(55)49-24-10-14-29-56(49)62/h3-5,8-16,18-20,22-39H,6-7,17,21H2,1-2H3. The number of hydrogen-bond acceptors (Lipinski definition) is 1. The predicted octanol–water partition coefficient (Wildman–Crippen LogP) is 16.0. The monoisotopic (exact) mass is 805 g/mol. The van der Waals surface area contributed by atoms with Crippen LogP contribution in [0.2, 0.25) is 0 Å². The Morgan fingerprint density at radius 1 is 0.349 bits per heavy atom. The van der Waals surface area contributed by atoms with E-state index in [1.54, 1.807) is 0 Å². The van der Waals surface area contributed by atoms with Crippen LogP contribution in [0.25, 0.3) is 55.6 Å². The lowest BCUT2D eigenvalue weighted by Crippen LogP contribution is -2.26. The van der Waals surface area contributed by atoms with Crippen LogP contribution in [0.5, 0.6) is 0 Å². The van der Waals surface area contributed by atoms with Crippen molar-refractivity contribution in [3.8, 4) is 55.6 Å². The highest BCUT2D eigenvalue weighted by Crippen LogP contribution is 2.64. The molecule has 0 heterocycles. The summed E-state index contributed by atoms with van der Waals surface area (Å²) < 4.78 is 0. The Bertz CT molecular complexity index is 3270. The predicted molar refractivity (Wildman–Crippen MR) is 263 cm³/mol. The van der Waals surface area contributed by atoms with E-state index in [0.717, 1.165) is 17.8 Å². The maximum Gasteiger partial charge on any atom is 0.0726 e. The number of rotatable bonds is 5. The average molecular weight is 806 g/mol. The van der Waals surface area contributed by atoms with Gasteiger partial charge < -0.3 is 4.90 Å². The van der Waals surface area contributed by atoms with E-state index < -0.39 is 5.41 Å². The van der Waals surface area contributed by atoms with Crippen LogP contribution < -0.4 is 4.90 Å². The van der Waals surface area contributed by atoms with Crippen molar-refractivity contribution in [3.63, 3.8) is 0 Å². The number of anilines is 3. The van der Waals surface area contributed by atoms with E-state index in [2.05, 4.69) is 219 Å². The Kier molecular flexibility index (Phi) is 7.89. The zero-order valence-electron chi connectivity index (χ0n) is 35.8. The van der Waals surface area contributed by atoms with Crippen molar-refractivity contribution in [3.05, 3.63) is 245 Å². The first-order valence-electron chi connectivity index (χ1n) is 22.8. The number of hydrogen-bond donors (Lipinski definition) is 0. The molecule has 0 radical (unpaired) electrons. The van der Waals surface area contributed by atoms with Crippen LogP contribution in [-0.4, -0.2) is 0 Å². The molecule has 1 heteroatoms. The Morgan fingerprint density at radius 2 is 0.873 bits per heavy atom. The summed E-state index contributed by atoms with van der Waals surface area (Å²) in [5.74, 6) is 0. The highest BCUT2D eigenvalue weighted by Gasteiger charge is 2.52. The molecule has 0 aliphatic heterocycles. The summed E-state index contributed by atoms with van der Waals surface area (Å²) >= 11 is 0. The second-order valence-corrected chi connectivity index (χ2v) is 18.6. The summed E-state index contributed by atoms with van der Waals surface area (Å²) in [6, 6.07) is 76.2. The van der Waals surface area contributed by atoms with Gasteiger partial charge in [-0.05, 0) is 157 Å². The molecule has 4 aliphatic carbocycles. The SMILES string of the molecule is CC1(C)c2ccccc2-c2ccc(N(c3ccccc3)c3cc4c(cc3-c3ccc(-c5cccc6c5CCCC6)cc3)-c3ccccc3C43c4ccccc4-c4ccccc43)cc21. The second-order valence-electron chi connectivity index (χ2n) is 18.6. The first kappa shape index (κ1) is 36.4. The fourth-order valence-electron chi connectivity index (χ4n) is 12.3. The van der Waals surface area contributed by atoms with Gasteiger partial charge in [0.1, 0.15) is 0 Å². The molecule has 0 amide bonds. The van der Waals surface area contributed by atoms with E-state index in [1.807, 2.05) is 0 Å². The molecular weight excluding hydrogens is 759 g/mol. The summed E-state index contributed by atoms with van der Waals surface area (Å²) in [6.45, 7) is 4.77. The Balaban J connectivity index is 1.09. The van der Waals surface area contributed by atoms with Gasteiger partial charge in [0.2, 0.25) is 0 Å². The summed E-state index contributed by atoms with van der Waals surface area (Å²) in [7, 11) is 0. The highest BCUT2D eigenvalue weighted by atomic mass is 15.1. The molecule has 13 rings (SSSR count). The summed E-state index contributed by atoms with van der Waals surface area (Å²) in [5.41, 5.74) is 27.1. The van der Waals surface area contributed by atoms with Gasteiger partial charge in [0.05, 0.1) is 11.1 Å². The third kappa shape index (κ3) is 5.11. The van der Waals surface area contributed by atoms with Crippen LogP contribution in [0.1, 0.15) is 71.2 Å². The Morgan fingerprint density at radius 3 is 1.54 bits per heavy atom. The quantitative estimate of drug-likeness (QED) is 0.167. The molecule has 63 heavy (non-hydrogen) atoms. The Hall–Kier alpha value is -7.22. The van der Waals surface area contributed by atoms with Gasteiger partial charge in [0, 0.05) is 22.4 Å². The molecule has 4 aliphatic rings. The molecule has 1 spiro atoms. The first-order chi connectivity index (χ1) is 31.0. The summed E-state index contributed by atoms with van der Waals surface area (Å²) in [6.07, 6.45) is 4.88. The van der Waals surface area contributed by atoms with Gasteiger partial charge in [-0.3, -0.25) is 0 Å². The molecule has 0 unspecified atom stereocenters. The van der Waals surface area contributed by atoms with Crippen LogP contribution in [0, 0.1) is 0 Å². The van der Waals surface area contributed by atoms with Crippen LogP contribution in [0.3, 0.4) is 0 Å². The molecular formula is C62H47N. The van der Waals surface area contributed by atoms with Crippen molar-refractivity contribution >= 4 is 17.1 Å². The van der Waals surface area contributed by atoms with E-state index in [0.29, 0.717) is 0 Å². The number of benzene rings is 9. The molecule has 0 atom stereocenters. The van der Waals surface area contributed by atoms with E-state index in [1.165, 1.54) is 125 Å². The molecule has 0 N–H and O–H groups in total. The van der Waals surface area contributed by atoms with Gasteiger partial charge in [-0.25, -0.2) is 0 Å². The van der Waals surface area contributed by atoms with Gasteiger partial charge in [-0.2, -0.15) is 0 Å². The minimum atomic E-state index is -0.466. The zero-order chi connectivity index (χ0) is 41.9. The lowest BCUT2D eigenvalue weighted by atomic mass is 9.70. The van der Waals surface area contributed by atoms with E-state index >= 15 is 0 Å². The van der Waals surface area contributed by atoms with Gasteiger partial charge >= 0.3 is 0 Å². The average Bonchev–Trinajstić information content (AvgIpc) is 3.89. The van der Waals surface area contributed by atoms with Crippen LogP contribution in [0.15, 0.2) is 200 Å². The van der Waals surface area contributed by atoms with Gasteiger partial charge in [-0.15, -0.1) is 0 Å². The molecule has 0 saturated heterocycles. The third-order valence-electron chi connectivity index (χ3n) is 15.1. The van der Waals surface area contributed by atoms with Crippen LogP contribution >= 0.6 is 0 Å². The van der Waals surface area contributed by atoms with Crippen molar-refractivity contribution in [2.24, 2.45) is 0 Å². The van der Waals surface area contributed by atoms with Gasteiger partial charge in [0.25, 0.3) is 0 Å². The third-order valence-corrected chi connectivity index (χ3v) is 15.1. The van der Waals surface area contributed by atoms with Crippen molar-refractivity contribution in [1.82, 2.24) is 0 Å². The molecule has 0 aromatic heterocycles. The fraction of sp³-hybridized carbons (Fsp3) is 0.129. The minimum Gasteiger partial charge on any atom is -0.310 e. The van der Waals surface area contributed by atoms with Crippen molar-refractivity contribution in [1.29, 1.82) is 0 Å². The van der Waals surface area contributed by atoms with Crippen LogP contribution in [0.4, 0.5) is 17.1 Å². The largest absolute Gasteiger partial charge is 0.310 e. The number of fused-ring (bicyclic) bond motifs is 14. The maximum absolute atomic E-state index is 2.57. The van der Waals surface area contributed by atoms with E-state index in [4.69, 9.17) is 0 Å². The summed E-state index contributed by atoms with van der Waals surface area (Å²) in [5, 5.41) is 0. The van der Waals surface area contributed by atoms with Gasteiger partial charge in [0.15, 0.2) is 0 Å². The molecule has 9 aromatic rings. The molecule has 1 nitrogen and oxygen atoms in total. The van der Waals surface area contributed by atoms with E-state index in [-0.39, 0.29) is 5.41 Å². The van der Waals surface area contributed by atoms with Crippen molar-refractivity contribution in [2.45, 2.75) is 50.4 Å². The second kappa shape index (κ2) is 13.6. The molecule has 0 fully saturated rings. The van der Waals surface area contributed by atoms with E-state index in [9.17, 15) is 0 Å². The molecule has 300 valence electrons. The number of aryl methyl sites for hydroxylation is 1. The highest BCUT2D eigenvalue weighted by molar-refractivity contribution is 6.00. The first-order valence-corrected chi connectivity index (χ1v) is 22.8. The van der Waals surface area contributed by atoms with Crippen molar-refractivity contribution in [2.75, 3.05) is 4.90 Å². The smallest absolute Gasteiger partial charge is 0.0726 e. The number of para-hydroxylation sites is 1. The molecule has 0 bridgehead atoms. The lowest BCUT2D eigenvalue weighted by Gasteiger charge is -2.34. The normalized spacial score (nSPS) is 15.1. The lowest BCUT2D eigenvalue weighted by molar-refractivity contribution is 0.660. The molecule has 9 aromatic carbocycles. The number of nitrogens with zero attached hydrogens (tertiary/aromatic N) is 1. The summed E-state index contributed by atoms with van der Waals surface area (Å²) in [4.78, 5) is 2.54. The topological polar surface area (TPSA) is 3.24 Å². The fourth-order valence-corrected chi connectivity index (χ4v) is 12.3. The zero-order valence-corrected chi connectivity index (χ0v) is 35.8. The minimum absolute atomic E-state index is 0.138. The Labute approximate surface area is 371 Å². The van der Waals surface area contributed by atoms with Crippen LogP contribution in [-0.2, 0) is 23.7 Å².